The molecule has 1 aromatic rings. The summed E-state index contributed by atoms with van der Waals surface area (Å²) in [5.41, 5.74) is 0.216. The van der Waals surface area contributed by atoms with E-state index in [1.54, 1.807) is 0 Å². The Balaban J connectivity index is 2.10. The number of carbonyl (C=O) groups excluding carboxylic acids is 1. The lowest BCUT2D eigenvalue weighted by atomic mass is 10.2. The predicted octanol–water partition coefficient (Wildman–Crippen LogP) is 1.94. The van der Waals surface area contributed by atoms with Gasteiger partial charge in [0, 0.05) is 0 Å². The van der Waals surface area contributed by atoms with Crippen molar-refractivity contribution in [3.8, 4) is 0 Å². The number of ether oxygens (including phenoxy) is 2. The second-order valence-corrected chi connectivity index (χ2v) is 3.78. The molecule has 0 N–H and O–H groups in total. The van der Waals surface area contributed by atoms with E-state index in [2.05, 4.69) is 4.98 Å². The fourth-order valence-electron chi connectivity index (χ4n) is 1.06. The minimum atomic E-state index is -0.502. The molecular weight excluding hydrogens is 241 g/mol. The van der Waals surface area contributed by atoms with Crippen LogP contribution < -0.4 is 0 Å². The molecule has 0 spiro atoms. The molecule has 1 fully saturated rings. The van der Waals surface area contributed by atoms with Crippen LogP contribution in [-0.4, -0.2) is 30.3 Å². The van der Waals surface area contributed by atoms with Gasteiger partial charge in [0.05, 0.1) is 18.8 Å². The van der Waals surface area contributed by atoms with Gasteiger partial charge in [0.15, 0.2) is 0 Å². The monoisotopic (exact) mass is 247 g/mol. The Labute approximate surface area is 96.1 Å². The molecule has 4 nitrogen and oxygen atoms in total. The van der Waals surface area contributed by atoms with Crippen LogP contribution in [0.5, 0.6) is 0 Å². The maximum absolute atomic E-state index is 11.5. The number of rotatable bonds is 2. The molecule has 6 heteroatoms. The highest BCUT2D eigenvalue weighted by molar-refractivity contribution is 6.34. The van der Waals surface area contributed by atoms with E-state index in [1.807, 2.05) is 0 Å². The average Bonchev–Trinajstić information content (AvgIpc) is 2.11. The lowest BCUT2D eigenvalue weighted by Gasteiger charge is -2.25. The molecule has 80 valence electrons. The summed E-state index contributed by atoms with van der Waals surface area (Å²) in [6, 6.07) is 2.97. The third-order valence-electron chi connectivity index (χ3n) is 1.92. The Morgan fingerprint density at radius 2 is 2.20 bits per heavy atom. The Kier molecular flexibility index (Phi) is 3.09. The van der Waals surface area contributed by atoms with Gasteiger partial charge in [0.2, 0.25) is 0 Å². The van der Waals surface area contributed by atoms with Gasteiger partial charge < -0.3 is 9.47 Å². The van der Waals surface area contributed by atoms with Gasteiger partial charge in [-0.3, -0.25) is 0 Å². The van der Waals surface area contributed by atoms with Gasteiger partial charge in [-0.1, -0.05) is 23.2 Å². The van der Waals surface area contributed by atoms with E-state index in [0.717, 1.165) is 0 Å². The lowest BCUT2D eigenvalue weighted by molar-refractivity contribution is -0.103. The highest BCUT2D eigenvalue weighted by Crippen LogP contribution is 2.19. The minimum Gasteiger partial charge on any atom is -0.454 e. The smallest absolute Gasteiger partial charge is 0.341 e. The van der Waals surface area contributed by atoms with Gasteiger partial charge >= 0.3 is 5.97 Å². The van der Waals surface area contributed by atoms with Crippen molar-refractivity contribution in [2.45, 2.75) is 6.10 Å². The zero-order chi connectivity index (χ0) is 10.8. The highest BCUT2D eigenvalue weighted by Gasteiger charge is 2.24. The van der Waals surface area contributed by atoms with Crippen LogP contribution in [-0.2, 0) is 9.47 Å². The van der Waals surface area contributed by atoms with Gasteiger partial charge in [0.25, 0.3) is 0 Å². The molecule has 0 aromatic carbocycles. The van der Waals surface area contributed by atoms with Crippen LogP contribution in [0, 0.1) is 0 Å². The Bertz CT molecular complexity index is 393. The maximum Gasteiger partial charge on any atom is 0.341 e. The normalized spacial score (nSPS) is 15.9. The summed E-state index contributed by atoms with van der Waals surface area (Å²) in [5.74, 6) is -0.502. The Hall–Kier alpha value is -0.840. The summed E-state index contributed by atoms with van der Waals surface area (Å²) in [6.45, 7) is 0.870. The summed E-state index contributed by atoms with van der Waals surface area (Å²) >= 11 is 11.3. The van der Waals surface area contributed by atoms with Crippen molar-refractivity contribution in [3.63, 3.8) is 0 Å². The number of nitrogens with zero attached hydrogens (tertiary/aromatic N) is 1. The first-order valence-corrected chi connectivity index (χ1v) is 5.03. The van der Waals surface area contributed by atoms with E-state index in [9.17, 15) is 4.79 Å². The molecule has 1 saturated heterocycles. The second-order valence-electron chi connectivity index (χ2n) is 3.04. The first-order valence-electron chi connectivity index (χ1n) is 4.27. The first kappa shape index (κ1) is 10.7. The van der Waals surface area contributed by atoms with Crippen molar-refractivity contribution in [2.24, 2.45) is 0 Å². The summed E-state index contributed by atoms with van der Waals surface area (Å²) in [7, 11) is 0. The van der Waals surface area contributed by atoms with Crippen LogP contribution in [0.15, 0.2) is 12.1 Å². The zero-order valence-corrected chi connectivity index (χ0v) is 9.09. The molecule has 2 heterocycles. The van der Waals surface area contributed by atoms with E-state index >= 15 is 0 Å². The van der Waals surface area contributed by atoms with Gasteiger partial charge in [0.1, 0.15) is 16.4 Å². The van der Waals surface area contributed by atoms with Crippen LogP contribution >= 0.6 is 23.2 Å². The fourth-order valence-corrected chi connectivity index (χ4v) is 1.48. The Morgan fingerprint density at radius 3 is 2.73 bits per heavy atom. The lowest BCUT2D eigenvalue weighted by Crippen LogP contribution is -2.37. The van der Waals surface area contributed by atoms with E-state index < -0.39 is 5.97 Å². The molecule has 1 aromatic heterocycles. The molecule has 0 radical (unpaired) electrons. The van der Waals surface area contributed by atoms with Crippen molar-refractivity contribution in [1.29, 1.82) is 0 Å². The van der Waals surface area contributed by atoms with Gasteiger partial charge in [-0.2, -0.15) is 0 Å². The molecule has 15 heavy (non-hydrogen) atoms. The summed E-state index contributed by atoms with van der Waals surface area (Å²) in [4.78, 5) is 15.3. The minimum absolute atomic E-state index is 0.0488. The van der Waals surface area contributed by atoms with Crippen molar-refractivity contribution in [2.75, 3.05) is 13.2 Å². The third kappa shape index (κ3) is 2.40. The molecule has 0 amide bonds. The average molecular weight is 248 g/mol. The molecule has 0 saturated carbocycles. The number of pyridine rings is 1. The molecule has 0 bridgehead atoms. The third-order valence-corrected chi connectivity index (χ3v) is 2.41. The van der Waals surface area contributed by atoms with Crippen molar-refractivity contribution >= 4 is 29.2 Å². The number of aromatic nitrogens is 1. The van der Waals surface area contributed by atoms with Crippen LogP contribution in [0.4, 0.5) is 0 Å². The van der Waals surface area contributed by atoms with Crippen LogP contribution in [0.3, 0.4) is 0 Å². The van der Waals surface area contributed by atoms with Crippen molar-refractivity contribution in [1.82, 2.24) is 4.98 Å². The highest BCUT2D eigenvalue weighted by atomic mass is 35.5. The largest absolute Gasteiger partial charge is 0.454 e. The standard InChI is InChI=1S/C9H7Cl2NO3/c10-7-2-1-6(8(11)12-7)9(13)15-5-3-14-4-5/h1-2,5H,3-4H2. The molecular formula is C9H7Cl2NO3. The molecule has 0 unspecified atom stereocenters. The summed E-state index contributed by atoms with van der Waals surface area (Å²) in [6.07, 6.45) is -0.177. The number of carbonyl (C=O) groups is 1. The van der Waals surface area contributed by atoms with E-state index in [1.165, 1.54) is 12.1 Å². The van der Waals surface area contributed by atoms with E-state index in [-0.39, 0.29) is 22.0 Å². The number of hydrogen-bond acceptors (Lipinski definition) is 4. The quantitative estimate of drug-likeness (QED) is 0.592. The molecule has 0 aliphatic carbocycles. The Morgan fingerprint density at radius 1 is 1.47 bits per heavy atom. The van der Waals surface area contributed by atoms with Crippen LogP contribution in [0.2, 0.25) is 10.3 Å². The van der Waals surface area contributed by atoms with Crippen molar-refractivity contribution < 1.29 is 14.3 Å². The van der Waals surface area contributed by atoms with Gasteiger partial charge in [-0.05, 0) is 12.1 Å². The number of hydrogen-bond donors (Lipinski definition) is 0. The molecule has 1 aliphatic heterocycles. The second kappa shape index (κ2) is 4.35. The number of esters is 1. The molecule has 2 rings (SSSR count). The zero-order valence-electron chi connectivity index (χ0n) is 7.57. The number of halogens is 2. The van der Waals surface area contributed by atoms with E-state index in [4.69, 9.17) is 32.7 Å². The maximum atomic E-state index is 11.5. The first-order chi connectivity index (χ1) is 7.16. The van der Waals surface area contributed by atoms with Gasteiger partial charge in [-0.15, -0.1) is 0 Å². The SMILES string of the molecule is O=C(OC1COC1)c1ccc(Cl)nc1Cl. The molecule has 0 atom stereocenters. The predicted molar refractivity (Wildman–Crippen MR) is 54.3 cm³/mol. The van der Waals surface area contributed by atoms with Gasteiger partial charge in [-0.25, -0.2) is 9.78 Å². The topological polar surface area (TPSA) is 48.4 Å². The van der Waals surface area contributed by atoms with Crippen LogP contribution in [0.25, 0.3) is 0 Å². The van der Waals surface area contributed by atoms with Crippen LogP contribution in [0.1, 0.15) is 10.4 Å². The summed E-state index contributed by atoms with van der Waals surface area (Å²) < 4.78 is 9.94. The van der Waals surface area contributed by atoms with Crippen molar-refractivity contribution in [3.05, 3.63) is 28.0 Å². The summed E-state index contributed by atoms with van der Waals surface area (Å²) in [5, 5.41) is 0.288. The fraction of sp³-hybridized carbons (Fsp3) is 0.333. The van der Waals surface area contributed by atoms with E-state index in [0.29, 0.717) is 13.2 Å². The molecule has 1 aliphatic rings.